The quantitative estimate of drug-likeness (QED) is 0.873. The number of halogens is 2. The molecule has 106 valence electrons. The summed E-state index contributed by atoms with van der Waals surface area (Å²) in [7, 11) is 0. The van der Waals surface area contributed by atoms with Gasteiger partial charge in [-0.05, 0) is 50.1 Å². The van der Waals surface area contributed by atoms with Crippen LogP contribution in [0.5, 0.6) is 11.5 Å². The highest BCUT2D eigenvalue weighted by molar-refractivity contribution is 6.32. The third-order valence-electron chi connectivity index (χ3n) is 3.12. The van der Waals surface area contributed by atoms with Gasteiger partial charge in [0.15, 0.2) is 11.6 Å². The van der Waals surface area contributed by atoms with Gasteiger partial charge in [-0.1, -0.05) is 23.7 Å². The van der Waals surface area contributed by atoms with E-state index in [0.717, 1.165) is 11.1 Å². The number of hydrogen-bond acceptors (Lipinski definition) is 2. The topological polar surface area (TPSA) is 35.2 Å². The molecule has 0 aliphatic rings. The van der Waals surface area contributed by atoms with E-state index in [1.807, 2.05) is 13.8 Å². The highest BCUT2D eigenvalue weighted by Crippen LogP contribution is 2.34. The van der Waals surface area contributed by atoms with Crippen LogP contribution in [0.4, 0.5) is 4.39 Å². The lowest BCUT2D eigenvalue weighted by Gasteiger charge is -2.15. The SMILES string of the molecule is Cc1cc(Oc2c(F)cccc2[C@@H](C)N)cc(C)c1Cl. The molecule has 0 fully saturated rings. The van der Waals surface area contributed by atoms with Gasteiger partial charge in [-0.2, -0.15) is 0 Å². The Kier molecular flexibility index (Phi) is 4.31. The fourth-order valence-corrected chi connectivity index (χ4v) is 2.18. The van der Waals surface area contributed by atoms with Crippen molar-refractivity contribution in [3.63, 3.8) is 0 Å². The predicted molar refractivity (Wildman–Crippen MR) is 80.0 cm³/mol. The van der Waals surface area contributed by atoms with Crippen molar-refractivity contribution in [1.29, 1.82) is 0 Å². The zero-order valence-electron chi connectivity index (χ0n) is 11.7. The van der Waals surface area contributed by atoms with Gasteiger partial charge in [0.25, 0.3) is 0 Å². The summed E-state index contributed by atoms with van der Waals surface area (Å²) >= 11 is 6.12. The molecule has 0 bridgehead atoms. The van der Waals surface area contributed by atoms with Crippen molar-refractivity contribution >= 4 is 11.6 Å². The molecular formula is C16H17ClFNO. The van der Waals surface area contributed by atoms with Gasteiger partial charge >= 0.3 is 0 Å². The smallest absolute Gasteiger partial charge is 0.167 e. The number of hydrogen-bond donors (Lipinski definition) is 1. The molecule has 0 amide bonds. The number of ether oxygens (including phenoxy) is 1. The van der Waals surface area contributed by atoms with Crippen LogP contribution in [0.3, 0.4) is 0 Å². The van der Waals surface area contributed by atoms with Crippen LogP contribution in [-0.2, 0) is 0 Å². The fraction of sp³-hybridized carbons (Fsp3) is 0.250. The highest BCUT2D eigenvalue weighted by Gasteiger charge is 2.14. The molecule has 2 nitrogen and oxygen atoms in total. The first-order chi connectivity index (χ1) is 9.40. The molecule has 0 spiro atoms. The Labute approximate surface area is 123 Å². The van der Waals surface area contributed by atoms with E-state index in [1.54, 1.807) is 31.2 Å². The molecule has 2 rings (SSSR count). The van der Waals surface area contributed by atoms with Crippen molar-refractivity contribution in [2.24, 2.45) is 5.73 Å². The summed E-state index contributed by atoms with van der Waals surface area (Å²) in [5, 5.41) is 0.693. The van der Waals surface area contributed by atoms with Crippen molar-refractivity contribution in [1.82, 2.24) is 0 Å². The third-order valence-corrected chi connectivity index (χ3v) is 3.71. The molecule has 0 aliphatic heterocycles. The molecule has 2 aromatic carbocycles. The van der Waals surface area contributed by atoms with E-state index in [1.165, 1.54) is 6.07 Å². The lowest BCUT2D eigenvalue weighted by Crippen LogP contribution is -2.07. The maximum absolute atomic E-state index is 14.0. The normalized spacial score (nSPS) is 12.3. The number of nitrogens with two attached hydrogens (primary N) is 1. The maximum atomic E-state index is 14.0. The Morgan fingerprint density at radius 2 is 1.80 bits per heavy atom. The van der Waals surface area contributed by atoms with Crippen molar-refractivity contribution in [2.45, 2.75) is 26.8 Å². The Balaban J connectivity index is 2.45. The van der Waals surface area contributed by atoms with E-state index in [2.05, 4.69) is 0 Å². The zero-order chi connectivity index (χ0) is 14.9. The van der Waals surface area contributed by atoms with Crippen molar-refractivity contribution in [3.05, 3.63) is 57.9 Å². The van der Waals surface area contributed by atoms with Crippen LogP contribution >= 0.6 is 11.6 Å². The third kappa shape index (κ3) is 2.94. The van der Waals surface area contributed by atoms with E-state index in [-0.39, 0.29) is 11.8 Å². The molecule has 0 unspecified atom stereocenters. The van der Waals surface area contributed by atoms with Crippen molar-refractivity contribution in [3.8, 4) is 11.5 Å². The van der Waals surface area contributed by atoms with Crippen molar-refractivity contribution < 1.29 is 9.13 Å². The highest BCUT2D eigenvalue weighted by atomic mass is 35.5. The molecule has 4 heteroatoms. The molecule has 0 aliphatic carbocycles. The van der Waals surface area contributed by atoms with Crippen LogP contribution in [0.2, 0.25) is 5.02 Å². The Hall–Kier alpha value is -1.58. The summed E-state index contributed by atoms with van der Waals surface area (Å²) in [5.74, 6) is 0.296. The molecule has 2 aromatic rings. The Morgan fingerprint density at radius 3 is 2.35 bits per heavy atom. The van der Waals surface area contributed by atoms with Gasteiger partial charge < -0.3 is 10.5 Å². The minimum Gasteiger partial charge on any atom is -0.454 e. The molecule has 2 N–H and O–H groups in total. The van der Waals surface area contributed by atoms with E-state index in [0.29, 0.717) is 16.3 Å². The average molecular weight is 294 g/mol. The first-order valence-corrected chi connectivity index (χ1v) is 6.76. The summed E-state index contributed by atoms with van der Waals surface area (Å²) in [6.07, 6.45) is 0. The van der Waals surface area contributed by atoms with Gasteiger partial charge in [0.1, 0.15) is 5.75 Å². The van der Waals surface area contributed by atoms with Gasteiger partial charge in [-0.3, -0.25) is 0 Å². The maximum Gasteiger partial charge on any atom is 0.167 e. The average Bonchev–Trinajstić information content (AvgIpc) is 2.38. The zero-order valence-corrected chi connectivity index (χ0v) is 12.5. The van der Waals surface area contributed by atoms with Crippen LogP contribution in [0.15, 0.2) is 30.3 Å². The van der Waals surface area contributed by atoms with E-state index in [9.17, 15) is 4.39 Å². The molecule has 0 aromatic heterocycles. The number of aryl methyl sites for hydroxylation is 2. The van der Waals surface area contributed by atoms with Gasteiger partial charge in [-0.15, -0.1) is 0 Å². The molecule has 0 radical (unpaired) electrons. The van der Waals surface area contributed by atoms with Gasteiger partial charge in [0, 0.05) is 16.6 Å². The number of rotatable bonds is 3. The van der Waals surface area contributed by atoms with E-state index >= 15 is 0 Å². The van der Waals surface area contributed by atoms with Crippen molar-refractivity contribution in [2.75, 3.05) is 0 Å². The van der Waals surface area contributed by atoms with Crippen LogP contribution in [0.25, 0.3) is 0 Å². The molecule has 20 heavy (non-hydrogen) atoms. The van der Waals surface area contributed by atoms with Crippen LogP contribution in [-0.4, -0.2) is 0 Å². The lowest BCUT2D eigenvalue weighted by atomic mass is 10.1. The lowest BCUT2D eigenvalue weighted by molar-refractivity contribution is 0.432. The second kappa shape index (κ2) is 5.81. The molecule has 0 saturated heterocycles. The second-order valence-electron chi connectivity index (χ2n) is 4.92. The van der Waals surface area contributed by atoms with Gasteiger partial charge in [-0.25, -0.2) is 4.39 Å². The Morgan fingerprint density at radius 1 is 1.20 bits per heavy atom. The molecule has 0 saturated carbocycles. The number of para-hydroxylation sites is 1. The van der Waals surface area contributed by atoms with Gasteiger partial charge in [0.2, 0.25) is 0 Å². The minimum atomic E-state index is -0.426. The fourth-order valence-electron chi connectivity index (χ4n) is 2.07. The van der Waals surface area contributed by atoms with Crippen LogP contribution in [0.1, 0.15) is 29.7 Å². The minimum absolute atomic E-state index is 0.170. The predicted octanol–water partition coefficient (Wildman–Crippen LogP) is 4.91. The summed E-state index contributed by atoms with van der Waals surface area (Å²) in [4.78, 5) is 0. The summed E-state index contributed by atoms with van der Waals surface area (Å²) in [6, 6.07) is 8.00. The number of benzene rings is 2. The van der Waals surface area contributed by atoms with Crippen LogP contribution in [0, 0.1) is 19.7 Å². The standard InChI is InChI=1S/C16H17ClFNO/c1-9-7-12(8-10(2)15(9)17)20-16-13(11(3)19)5-4-6-14(16)18/h4-8,11H,19H2,1-3H3/t11-/m1/s1. The van der Waals surface area contributed by atoms with Gasteiger partial charge in [0.05, 0.1) is 0 Å². The second-order valence-corrected chi connectivity index (χ2v) is 5.30. The summed E-state index contributed by atoms with van der Waals surface area (Å²) < 4.78 is 19.7. The van der Waals surface area contributed by atoms with Crippen LogP contribution < -0.4 is 10.5 Å². The monoisotopic (exact) mass is 293 g/mol. The van der Waals surface area contributed by atoms with E-state index in [4.69, 9.17) is 22.1 Å². The Bertz CT molecular complexity index is 617. The van der Waals surface area contributed by atoms with E-state index < -0.39 is 5.82 Å². The largest absolute Gasteiger partial charge is 0.454 e. The summed E-state index contributed by atoms with van der Waals surface area (Å²) in [6.45, 7) is 5.56. The first kappa shape index (κ1) is 14.8. The molecule has 0 heterocycles. The molecular weight excluding hydrogens is 277 g/mol. The summed E-state index contributed by atoms with van der Waals surface area (Å²) in [5.41, 5.74) is 8.27. The molecule has 1 atom stereocenters. The first-order valence-electron chi connectivity index (χ1n) is 6.38.